The zero-order valence-corrected chi connectivity index (χ0v) is 19.9. The van der Waals surface area contributed by atoms with E-state index in [0.717, 1.165) is 26.2 Å². The number of hydrogen-bond donors (Lipinski definition) is 1. The molecule has 5 rings (SSSR count). The van der Waals surface area contributed by atoms with Crippen LogP contribution in [0.3, 0.4) is 0 Å². The van der Waals surface area contributed by atoms with Crippen molar-refractivity contribution in [2.45, 2.75) is 45.6 Å². The van der Waals surface area contributed by atoms with Gasteiger partial charge in [0.15, 0.2) is 0 Å². The summed E-state index contributed by atoms with van der Waals surface area (Å²) >= 11 is 14.0. The fourth-order valence-electron chi connectivity index (χ4n) is 4.10. The van der Waals surface area contributed by atoms with E-state index < -0.39 is 0 Å². The van der Waals surface area contributed by atoms with Crippen LogP contribution in [0.15, 0.2) is 45.8 Å². The molecule has 9 heteroatoms. The molecule has 6 nitrogen and oxygen atoms in total. The predicted molar refractivity (Wildman–Crippen MR) is 126 cm³/mol. The highest BCUT2D eigenvalue weighted by Crippen LogP contribution is 2.37. The van der Waals surface area contributed by atoms with E-state index in [-0.39, 0.29) is 29.9 Å². The number of ether oxygens (including phenoxy) is 1. The van der Waals surface area contributed by atoms with E-state index in [4.69, 9.17) is 37.8 Å². The average Bonchev–Trinajstić information content (AvgIpc) is 3.36. The third-order valence-electron chi connectivity index (χ3n) is 5.72. The van der Waals surface area contributed by atoms with Gasteiger partial charge < -0.3 is 9.15 Å². The Balaban J connectivity index is 1.77. The lowest BCUT2D eigenvalue weighted by Crippen LogP contribution is -2.41. The van der Waals surface area contributed by atoms with Crippen molar-refractivity contribution < 1.29 is 9.15 Å². The third-order valence-corrected chi connectivity index (χ3v) is 7.54. The minimum Gasteiger partial charge on any atom is -0.467 e. The summed E-state index contributed by atoms with van der Waals surface area (Å²) in [6, 6.07) is 8.84. The van der Waals surface area contributed by atoms with Gasteiger partial charge in [-0.1, -0.05) is 29.3 Å². The predicted octanol–water partition coefficient (Wildman–Crippen LogP) is 5.19. The highest BCUT2D eigenvalue weighted by atomic mass is 35.5. The number of benzene rings is 1. The van der Waals surface area contributed by atoms with Crippen molar-refractivity contribution in [2.75, 3.05) is 0 Å². The van der Waals surface area contributed by atoms with Crippen LogP contribution in [0.2, 0.25) is 10.0 Å². The Hall–Kier alpha value is -2.32. The van der Waals surface area contributed by atoms with Gasteiger partial charge in [-0.25, -0.2) is 4.79 Å². The first-order valence-electron chi connectivity index (χ1n) is 10.2. The summed E-state index contributed by atoms with van der Waals surface area (Å²) < 4.78 is 14.6. The minimum atomic E-state index is -0.334. The largest absolute Gasteiger partial charge is 0.467 e. The summed E-state index contributed by atoms with van der Waals surface area (Å²) in [5, 5.41) is 10.8. The van der Waals surface area contributed by atoms with Crippen molar-refractivity contribution in [1.82, 2.24) is 9.13 Å². The molecule has 0 atom stereocenters. The van der Waals surface area contributed by atoms with Gasteiger partial charge in [-0.15, -0.1) is 11.3 Å². The standard InChI is InChI=1S/C23H21Cl2N3O3S/c1-23(2)9-16-18(12-31-23)32-21-19(16)20(26)27(11-15-4-3-7-30-15)22(29)28(21)10-13-5-6-14(24)8-17(13)25/h3-8,26H,9-12H2,1-2H3. The third kappa shape index (κ3) is 3.73. The van der Waals surface area contributed by atoms with E-state index in [1.165, 1.54) is 15.9 Å². The first-order chi connectivity index (χ1) is 15.2. The normalized spacial score (nSPS) is 15.2. The van der Waals surface area contributed by atoms with Gasteiger partial charge in [0.1, 0.15) is 16.1 Å². The van der Waals surface area contributed by atoms with Gasteiger partial charge in [-0.2, -0.15) is 0 Å². The summed E-state index contributed by atoms with van der Waals surface area (Å²) in [4.78, 5) is 15.4. The van der Waals surface area contributed by atoms with Gasteiger partial charge in [0, 0.05) is 21.3 Å². The van der Waals surface area contributed by atoms with Gasteiger partial charge in [0.05, 0.1) is 36.9 Å². The van der Waals surface area contributed by atoms with Gasteiger partial charge >= 0.3 is 5.69 Å². The SMILES string of the molecule is CC1(C)Cc2c(sc3c2c(=N)n(Cc2ccco2)c(=O)n3Cc2ccc(Cl)cc2Cl)CO1. The highest BCUT2D eigenvalue weighted by Gasteiger charge is 2.31. The quantitative estimate of drug-likeness (QED) is 0.428. The van der Waals surface area contributed by atoms with Crippen molar-refractivity contribution in [1.29, 1.82) is 5.41 Å². The molecule has 1 aliphatic rings. The first-order valence-corrected chi connectivity index (χ1v) is 11.7. The van der Waals surface area contributed by atoms with E-state index in [0.29, 0.717) is 28.8 Å². The lowest BCUT2D eigenvalue weighted by Gasteiger charge is -2.30. The number of fused-ring (bicyclic) bond motifs is 3. The van der Waals surface area contributed by atoms with Crippen LogP contribution in [0.4, 0.5) is 0 Å². The van der Waals surface area contributed by atoms with Gasteiger partial charge in [0.2, 0.25) is 0 Å². The van der Waals surface area contributed by atoms with Crippen molar-refractivity contribution in [3.8, 4) is 0 Å². The van der Waals surface area contributed by atoms with E-state index in [2.05, 4.69) is 0 Å². The minimum absolute atomic E-state index is 0.180. The Labute approximate surface area is 198 Å². The number of rotatable bonds is 4. The van der Waals surface area contributed by atoms with E-state index in [1.807, 2.05) is 19.9 Å². The van der Waals surface area contributed by atoms with E-state index >= 15 is 0 Å². The number of halogens is 2. The summed E-state index contributed by atoms with van der Waals surface area (Å²) in [5.41, 5.74) is 1.43. The molecule has 0 spiro atoms. The molecule has 0 fully saturated rings. The first kappa shape index (κ1) is 21.5. The molecule has 32 heavy (non-hydrogen) atoms. The molecule has 1 aromatic carbocycles. The Morgan fingerprint density at radius 1 is 1.19 bits per heavy atom. The molecule has 0 unspecified atom stereocenters. The van der Waals surface area contributed by atoms with Gasteiger partial charge in [0.25, 0.3) is 0 Å². The van der Waals surface area contributed by atoms with Crippen LogP contribution in [0.5, 0.6) is 0 Å². The summed E-state index contributed by atoms with van der Waals surface area (Å²) in [5.74, 6) is 0.615. The Bertz CT molecular complexity index is 1450. The van der Waals surface area contributed by atoms with E-state index in [1.54, 1.807) is 35.1 Å². The maximum atomic E-state index is 13.6. The molecule has 0 saturated heterocycles. The summed E-state index contributed by atoms with van der Waals surface area (Å²) in [7, 11) is 0. The molecule has 3 aromatic heterocycles. The fraction of sp³-hybridized carbons (Fsp3) is 0.304. The van der Waals surface area contributed by atoms with Crippen LogP contribution in [0, 0.1) is 5.41 Å². The van der Waals surface area contributed by atoms with Crippen molar-refractivity contribution >= 4 is 44.8 Å². The number of furan rings is 1. The molecule has 4 aromatic rings. The number of thiophene rings is 1. The number of aromatic nitrogens is 2. The zero-order chi connectivity index (χ0) is 22.6. The Morgan fingerprint density at radius 3 is 2.72 bits per heavy atom. The second-order valence-corrected chi connectivity index (χ2v) is 10.5. The maximum Gasteiger partial charge on any atom is 0.331 e. The van der Waals surface area contributed by atoms with Crippen LogP contribution in [0.1, 0.15) is 35.6 Å². The monoisotopic (exact) mass is 489 g/mol. The molecular formula is C23H21Cl2N3O3S. The summed E-state index contributed by atoms with van der Waals surface area (Å²) in [6.45, 7) is 5.01. The fourth-order valence-corrected chi connectivity index (χ4v) is 5.79. The lowest BCUT2D eigenvalue weighted by atomic mass is 9.94. The van der Waals surface area contributed by atoms with Gasteiger partial charge in [-0.05, 0) is 49.2 Å². The van der Waals surface area contributed by atoms with Crippen LogP contribution in [-0.2, 0) is 30.9 Å². The molecule has 0 bridgehead atoms. The molecule has 0 amide bonds. The second kappa shape index (κ2) is 7.92. The maximum absolute atomic E-state index is 13.6. The van der Waals surface area contributed by atoms with Crippen LogP contribution in [-0.4, -0.2) is 14.7 Å². The van der Waals surface area contributed by atoms with Crippen molar-refractivity contribution in [3.05, 3.63) is 84.4 Å². The molecule has 166 valence electrons. The van der Waals surface area contributed by atoms with Crippen LogP contribution >= 0.6 is 34.5 Å². The lowest BCUT2D eigenvalue weighted by molar-refractivity contribution is -0.0379. The second-order valence-electron chi connectivity index (χ2n) is 8.53. The number of nitrogens with zero attached hydrogens (tertiary/aromatic N) is 2. The molecule has 0 aliphatic carbocycles. The average molecular weight is 490 g/mol. The Kier molecular flexibility index (Phi) is 5.33. The molecule has 0 saturated carbocycles. The zero-order valence-electron chi connectivity index (χ0n) is 17.6. The number of hydrogen-bond acceptors (Lipinski definition) is 5. The molecule has 1 N–H and O–H groups in total. The smallest absolute Gasteiger partial charge is 0.331 e. The van der Waals surface area contributed by atoms with Crippen molar-refractivity contribution in [3.63, 3.8) is 0 Å². The Morgan fingerprint density at radius 2 is 2.00 bits per heavy atom. The van der Waals surface area contributed by atoms with E-state index in [9.17, 15) is 4.79 Å². The topological polar surface area (TPSA) is 73.2 Å². The summed E-state index contributed by atoms with van der Waals surface area (Å²) in [6.07, 6.45) is 2.24. The molecule has 1 aliphatic heterocycles. The molecule has 4 heterocycles. The number of nitrogens with one attached hydrogen (secondary N) is 1. The highest BCUT2D eigenvalue weighted by molar-refractivity contribution is 7.18. The van der Waals surface area contributed by atoms with Crippen molar-refractivity contribution in [2.24, 2.45) is 0 Å². The van der Waals surface area contributed by atoms with Gasteiger partial charge in [-0.3, -0.25) is 14.5 Å². The van der Waals surface area contributed by atoms with Crippen LogP contribution in [0.25, 0.3) is 10.2 Å². The van der Waals surface area contributed by atoms with Crippen LogP contribution < -0.4 is 11.2 Å². The molecular weight excluding hydrogens is 469 g/mol. The molecule has 0 radical (unpaired) electrons.